The highest BCUT2D eigenvalue weighted by Gasteiger charge is 2.20. The van der Waals surface area contributed by atoms with Gasteiger partial charge in [0.15, 0.2) is 10.1 Å². The minimum absolute atomic E-state index is 0.0854. The molecule has 0 bridgehead atoms. The molecule has 1 saturated heterocycles. The molecule has 1 amide bonds. The molecule has 1 aliphatic heterocycles. The standard InChI is InChI=1S/C20H21ClN4OS/c21-19-17(25-12-13-27-20(25)23-19)6-7-18(26)22-16-8-10-24(11-9-16)14-15-4-2-1-3-5-15/h1-7,12-13,16H,8-11,14H2,(H,22,26)/b7-6+. The van der Waals surface area contributed by atoms with E-state index in [0.29, 0.717) is 5.15 Å². The van der Waals surface area contributed by atoms with Crippen molar-refractivity contribution in [2.75, 3.05) is 13.1 Å². The van der Waals surface area contributed by atoms with Crippen molar-refractivity contribution in [3.05, 3.63) is 64.4 Å². The van der Waals surface area contributed by atoms with Gasteiger partial charge in [0.05, 0.1) is 5.69 Å². The molecule has 0 spiro atoms. The number of nitrogens with one attached hydrogen (secondary N) is 1. The number of imidazole rings is 1. The second kappa shape index (κ2) is 8.25. The second-order valence-electron chi connectivity index (χ2n) is 6.72. The molecule has 5 nitrogen and oxygen atoms in total. The molecule has 0 aliphatic carbocycles. The van der Waals surface area contributed by atoms with Crippen LogP contribution in [0.5, 0.6) is 0 Å². The van der Waals surface area contributed by atoms with Crippen molar-refractivity contribution in [1.82, 2.24) is 19.6 Å². The molecule has 3 aromatic rings. The van der Waals surface area contributed by atoms with Crippen LogP contribution in [-0.2, 0) is 11.3 Å². The lowest BCUT2D eigenvalue weighted by Crippen LogP contribution is -2.43. The highest BCUT2D eigenvalue weighted by Crippen LogP contribution is 2.22. The number of aromatic nitrogens is 2. The van der Waals surface area contributed by atoms with E-state index in [-0.39, 0.29) is 11.9 Å². The number of thiazole rings is 1. The van der Waals surface area contributed by atoms with Crippen LogP contribution >= 0.6 is 22.9 Å². The van der Waals surface area contributed by atoms with Crippen molar-refractivity contribution in [3.63, 3.8) is 0 Å². The number of likely N-dealkylation sites (tertiary alicyclic amines) is 1. The summed E-state index contributed by atoms with van der Waals surface area (Å²) < 4.78 is 1.89. The maximum Gasteiger partial charge on any atom is 0.244 e. The van der Waals surface area contributed by atoms with E-state index in [1.165, 1.54) is 16.9 Å². The summed E-state index contributed by atoms with van der Waals surface area (Å²) in [6, 6.07) is 10.7. The Morgan fingerprint density at radius 1 is 1.30 bits per heavy atom. The van der Waals surface area contributed by atoms with Gasteiger partial charge < -0.3 is 5.32 Å². The van der Waals surface area contributed by atoms with Crippen LogP contribution in [0.1, 0.15) is 24.1 Å². The average Bonchev–Trinajstić information content (AvgIpc) is 3.23. The van der Waals surface area contributed by atoms with E-state index >= 15 is 0 Å². The van der Waals surface area contributed by atoms with E-state index in [9.17, 15) is 4.79 Å². The van der Waals surface area contributed by atoms with Gasteiger partial charge in [0.2, 0.25) is 5.91 Å². The van der Waals surface area contributed by atoms with Crippen molar-refractivity contribution >= 4 is 39.9 Å². The number of piperidine rings is 1. The fourth-order valence-electron chi connectivity index (χ4n) is 3.41. The molecule has 140 valence electrons. The molecule has 2 aromatic heterocycles. The van der Waals surface area contributed by atoms with Gasteiger partial charge in [-0.3, -0.25) is 14.1 Å². The topological polar surface area (TPSA) is 49.6 Å². The summed E-state index contributed by atoms with van der Waals surface area (Å²) in [4.78, 5) is 19.8. The number of hydrogen-bond donors (Lipinski definition) is 1. The Balaban J connectivity index is 1.28. The molecule has 0 saturated carbocycles. The quantitative estimate of drug-likeness (QED) is 0.662. The number of halogens is 1. The zero-order valence-electron chi connectivity index (χ0n) is 14.8. The number of benzene rings is 1. The lowest BCUT2D eigenvalue weighted by molar-refractivity contribution is -0.117. The number of rotatable bonds is 5. The Hall–Kier alpha value is -2.15. The van der Waals surface area contributed by atoms with Crippen molar-refractivity contribution < 1.29 is 4.79 Å². The molecular formula is C20H21ClN4OS. The Labute approximate surface area is 167 Å². The largest absolute Gasteiger partial charge is 0.350 e. The second-order valence-corrected chi connectivity index (χ2v) is 7.95. The minimum Gasteiger partial charge on any atom is -0.350 e. The van der Waals surface area contributed by atoms with Gasteiger partial charge in [-0.25, -0.2) is 4.98 Å². The molecule has 1 N–H and O–H groups in total. The van der Waals surface area contributed by atoms with Gasteiger partial charge in [-0.15, -0.1) is 11.3 Å². The first-order chi connectivity index (χ1) is 13.2. The van der Waals surface area contributed by atoms with Crippen LogP contribution in [0.2, 0.25) is 5.15 Å². The fourth-order valence-corrected chi connectivity index (χ4v) is 4.41. The molecule has 0 atom stereocenters. The molecule has 7 heteroatoms. The van der Waals surface area contributed by atoms with Crippen molar-refractivity contribution in [1.29, 1.82) is 0 Å². The van der Waals surface area contributed by atoms with Crippen LogP contribution in [0.4, 0.5) is 0 Å². The van der Waals surface area contributed by atoms with Gasteiger partial charge in [-0.2, -0.15) is 0 Å². The number of hydrogen-bond acceptors (Lipinski definition) is 4. The van der Waals surface area contributed by atoms with Crippen molar-refractivity contribution in [3.8, 4) is 0 Å². The first-order valence-electron chi connectivity index (χ1n) is 9.05. The Kier molecular flexibility index (Phi) is 5.57. The normalized spacial score (nSPS) is 16.3. The van der Waals surface area contributed by atoms with E-state index in [2.05, 4.69) is 39.5 Å². The molecule has 27 heavy (non-hydrogen) atoms. The third kappa shape index (κ3) is 4.40. The molecule has 0 unspecified atom stereocenters. The summed E-state index contributed by atoms with van der Waals surface area (Å²) in [5.41, 5.74) is 2.07. The summed E-state index contributed by atoms with van der Waals surface area (Å²) in [5.74, 6) is -0.0854. The monoisotopic (exact) mass is 400 g/mol. The zero-order chi connectivity index (χ0) is 18.6. The highest BCUT2D eigenvalue weighted by molar-refractivity contribution is 7.15. The van der Waals surface area contributed by atoms with Crippen molar-refractivity contribution in [2.45, 2.75) is 25.4 Å². The molecular weight excluding hydrogens is 380 g/mol. The number of carbonyl (C=O) groups is 1. The molecule has 0 radical (unpaired) electrons. The van der Waals surface area contributed by atoms with Crippen LogP contribution in [0.3, 0.4) is 0 Å². The number of carbonyl (C=O) groups excluding carboxylic acids is 1. The summed E-state index contributed by atoms with van der Waals surface area (Å²) in [5, 5.41) is 5.47. The molecule has 3 heterocycles. The highest BCUT2D eigenvalue weighted by atomic mass is 35.5. The molecule has 1 aliphatic rings. The predicted octanol–water partition coefficient (Wildman–Crippen LogP) is 3.84. The van der Waals surface area contributed by atoms with Gasteiger partial charge in [-0.1, -0.05) is 41.9 Å². The maximum atomic E-state index is 12.3. The van der Waals surface area contributed by atoms with E-state index in [0.717, 1.165) is 43.1 Å². The summed E-state index contributed by atoms with van der Waals surface area (Å²) >= 11 is 7.67. The minimum atomic E-state index is -0.0854. The summed E-state index contributed by atoms with van der Waals surface area (Å²) in [6.45, 7) is 2.96. The molecule has 4 rings (SSSR count). The number of amides is 1. The molecule has 1 aromatic carbocycles. The molecule has 1 fully saturated rings. The first kappa shape index (κ1) is 18.2. The van der Waals surface area contributed by atoms with Crippen LogP contribution in [0.25, 0.3) is 11.0 Å². The third-order valence-corrected chi connectivity index (χ3v) is 5.86. The van der Waals surface area contributed by atoms with E-state index < -0.39 is 0 Å². The zero-order valence-corrected chi connectivity index (χ0v) is 16.4. The average molecular weight is 401 g/mol. The van der Waals surface area contributed by atoms with E-state index in [1.807, 2.05) is 22.0 Å². The smallest absolute Gasteiger partial charge is 0.244 e. The summed E-state index contributed by atoms with van der Waals surface area (Å²) in [6.07, 6.45) is 7.11. The van der Waals surface area contributed by atoms with Crippen LogP contribution in [-0.4, -0.2) is 39.3 Å². The number of fused-ring (bicyclic) bond motifs is 1. The van der Waals surface area contributed by atoms with Gasteiger partial charge in [0.1, 0.15) is 0 Å². The lowest BCUT2D eigenvalue weighted by atomic mass is 10.0. The van der Waals surface area contributed by atoms with Gasteiger partial charge in [0.25, 0.3) is 0 Å². The van der Waals surface area contributed by atoms with Gasteiger partial charge >= 0.3 is 0 Å². The summed E-state index contributed by atoms with van der Waals surface area (Å²) in [7, 11) is 0. The van der Waals surface area contributed by atoms with Gasteiger partial charge in [-0.05, 0) is 24.5 Å². The lowest BCUT2D eigenvalue weighted by Gasteiger charge is -2.32. The van der Waals surface area contributed by atoms with Crippen LogP contribution < -0.4 is 5.32 Å². The van der Waals surface area contributed by atoms with Crippen molar-refractivity contribution in [2.24, 2.45) is 0 Å². The van der Waals surface area contributed by atoms with Gasteiger partial charge in [0, 0.05) is 43.3 Å². The third-order valence-electron chi connectivity index (χ3n) is 4.83. The van der Waals surface area contributed by atoms with Crippen LogP contribution in [0, 0.1) is 0 Å². The Morgan fingerprint density at radius 2 is 2.07 bits per heavy atom. The number of nitrogens with zero attached hydrogens (tertiary/aromatic N) is 3. The van der Waals surface area contributed by atoms with E-state index in [4.69, 9.17) is 11.6 Å². The Bertz CT molecular complexity index is 941. The SMILES string of the molecule is O=C(/C=C/c1c(Cl)nc2sccn12)NC1CCN(Cc2ccccc2)CC1. The fraction of sp³-hybridized carbons (Fsp3) is 0.300. The van der Waals surface area contributed by atoms with Crippen LogP contribution in [0.15, 0.2) is 48.0 Å². The maximum absolute atomic E-state index is 12.3. The first-order valence-corrected chi connectivity index (χ1v) is 10.3. The Morgan fingerprint density at radius 3 is 2.85 bits per heavy atom. The van der Waals surface area contributed by atoms with E-state index in [1.54, 1.807) is 12.2 Å². The predicted molar refractivity (Wildman–Crippen MR) is 110 cm³/mol.